The van der Waals surface area contributed by atoms with Gasteiger partial charge in [-0.1, -0.05) is 18.6 Å². The van der Waals surface area contributed by atoms with Crippen molar-refractivity contribution in [2.24, 2.45) is 0 Å². The van der Waals surface area contributed by atoms with Crippen LogP contribution in [0.25, 0.3) is 11.4 Å². The summed E-state index contributed by atoms with van der Waals surface area (Å²) in [6, 6.07) is 13.6. The van der Waals surface area contributed by atoms with Crippen molar-refractivity contribution in [2.45, 2.75) is 38.6 Å². The number of fused-ring (bicyclic) bond motifs is 1. The third kappa shape index (κ3) is 4.31. The lowest BCUT2D eigenvalue weighted by atomic mass is 10.1. The molecule has 0 saturated heterocycles. The number of benzene rings is 2. The molecule has 1 aliphatic heterocycles. The van der Waals surface area contributed by atoms with Crippen LogP contribution in [0.5, 0.6) is 0 Å². The minimum atomic E-state index is -0.459. The van der Waals surface area contributed by atoms with Gasteiger partial charge in [0, 0.05) is 36.3 Å². The van der Waals surface area contributed by atoms with Gasteiger partial charge in [-0.15, -0.1) is 10.2 Å². The Bertz CT molecular complexity index is 1030. The number of amides is 1. The SMILES string of the molecule is O=C(Cc1ccc([N+](=O)[O-])cc1)Nc1ccc(-c2nnc3n2CCCCC3)cc1. The van der Waals surface area contributed by atoms with Crippen LogP contribution in [0.4, 0.5) is 11.4 Å². The number of nitrogens with zero attached hydrogens (tertiary/aromatic N) is 4. The molecule has 8 nitrogen and oxygen atoms in total. The number of aryl methyl sites for hydroxylation is 1. The Morgan fingerprint density at radius 2 is 1.79 bits per heavy atom. The highest BCUT2D eigenvalue weighted by atomic mass is 16.6. The summed E-state index contributed by atoms with van der Waals surface area (Å²) in [7, 11) is 0. The second-order valence-corrected chi connectivity index (χ2v) is 7.13. The molecule has 0 atom stereocenters. The van der Waals surface area contributed by atoms with E-state index < -0.39 is 4.92 Å². The van der Waals surface area contributed by atoms with Crippen molar-refractivity contribution in [1.29, 1.82) is 0 Å². The summed E-state index contributed by atoms with van der Waals surface area (Å²) in [5.74, 6) is 1.73. The number of carbonyl (C=O) groups is 1. The molecule has 0 saturated carbocycles. The van der Waals surface area contributed by atoms with Gasteiger partial charge in [-0.25, -0.2) is 0 Å². The minimum absolute atomic E-state index is 0.0103. The fourth-order valence-electron chi connectivity index (χ4n) is 3.53. The van der Waals surface area contributed by atoms with Crippen LogP contribution in [0.15, 0.2) is 48.5 Å². The van der Waals surface area contributed by atoms with Gasteiger partial charge in [-0.2, -0.15) is 0 Å². The summed E-state index contributed by atoms with van der Waals surface area (Å²) in [6.07, 6.45) is 4.61. The fourth-order valence-corrected chi connectivity index (χ4v) is 3.53. The van der Waals surface area contributed by atoms with Gasteiger partial charge in [0.15, 0.2) is 5.82 Å². The summed E-state index contributed by atoms with van der Waals surface area (Å²) < 4.78 is 2.19. The van der Waals surface area contributed by atoms with Gasteiger partial charge < -0.3 is 9.88 Å². The van der Waals surface area contributed by atoms with E-state index in [1.165, 1.54) is 18.6 Å². The predicted molar refractivity (Wildman–Crippen MR) is 108 cm³/mol. The lowest BCUT2D eigenvalue weighted by Gasteiger charge is -2.09. The molecule has 148 valence electrons. The number of anilines is 1. The number of hydrogen-bond donors (Lipinski definition) is 1. The van der Waals surface area contributed by atoms with Gasteiger partial charge in [0.1, 0.15) is 5.82 Å². The quantitative estimate of drug-likeness (QED) is 0.527. The van der Waals surface area contributed by atoms with Gasteiger partial charge >= 0.3 is 0 Å². The van der Waals surface area contributed by atoms with E-state index in [0.717, 1.165) is 48.6 Å². The molecule has 2 aromatic carbocycles. The highest BCUT2D eigenvalue weighted by molar-refractivity contribution is 5.92. The maximum atomic E-state index is 12.3. The number of aromatic nitrogens is 3. The lowest BCUT2D eigenvalue weighted by Crippen LogP contribution is -2.14. The number of nitrogens with one attached hydrogen (secondary N) is 1. The Kier molecular flexibility index (Phi) is 5.33. The first kappa shape index (κ1) is 18.8. The largest absolute Gasteiger partial charge is 0.326 e. The van der Waals surface area contributed by atoms with Crippen LogP contribution in [0.1, 0.15) is 30.7 Å². The molecule has 0 bridgehead atoms. The molecule has 0 unspecified atom stereocenters. The van der Waals surface area contributed by atoms with Crippen molar-refractivity contribution in [2.75, 3.05) is 5.32 Å². The highest BCUT2D eigenvalue weighted by Gasteiger charge is 2.16. The molecule has 2 heterocycles. The number of rotatable bonds is 5. The maximum Gasteiger partial charge on any atom is 0.269 e. The zero-order valence-corrected chi connectivity index (χ0v) is 15.9. The van der Waals surface area contributed by atoms with Crippen molar-refractivity contribution in [3.05, 3.63) is 70.0 Å². The molecule has 29 heavy (non-hydrogen) atoms. The lowest BCUT2D eigenvalue weighted by molar-refractivity contribution is -0.384. The molecule has 0 radical (unpaired) electrons. The Morgan fingerprint density at radius 1 is 1.03 bits per heavy atom. The molecule has 0 fully saturated rings. The number of nitro groups is 1. The summed E-state index contributed by atoms with van der Waals surface area (Å²) >= 11 is 0. The average molecular weight is 391 g/mol. The van der Waals surface area contributed by atoms with Crippen molar-refractivity contribution in [1.82, 2.24) is 14.8 Å². The number of non-ortho nitro benzene ring substituents is 1. The molecule has 0 spiro atoms. The monoisotopic (exact) mass is 391 g/mol. The second-order valence-electron chi connectivity index (χ2n) is 7.13. The predicted octanol–water partition coefficient (Wildman–Crippen LogP) is 3.76. The van der Waals surface area contributed by atoms with E-state index in [0.29, 0.717) is 5.69 Å². The third-order valence-corrected chi connectivity index (χ3v) is 5.05. The van der Waals surface area contributed by atoms with E-state index in [1.807, 2.05) is 24.3 Å². The number of carbonyl (C=O) groups excluding carboxylic acids is 1. The van der Waals surface area contributed by atoms with Gasteiger partial charge in [0.25, 0.3) is 5.69 Å². The Labute approximate surface area is 167 Å². The van der Waals surface area contributed by atoms with Gasteiger partial charge in [0.05, 0.1) is 11.3 Å². The minimum Gasteiger partial charge on any atom is -0.326 e. The average Bonchev–Trinajstić information content (AvgIpc) is 2.97. The first-order chi connectivity index (χ1) is 14.1. The molecule has 4 rings (SSSR count). The van der Waals surface area contributed by atoms with E-state index in [1.54, 1.807) is 12.1 Å². The van der Waals surface area contributed by atoms with Crippen LogP contribution < -0.4 is 5.32 Å². The summed E-state index contributed by atoms with van der Waals surface area (Å²) in [4.78, 5) is 22.5. The van der Waals surface area contributed by atoms with Crippen molar-refractivity contribution >= 4 is 17.3 Å². The van der Waals surface area contributed by atoms with Crippen LogP contribution >= 0.6 is 0 Å². The highest BCUT2D eigenvalue weighted by Crippen LogP contribution is 2.24. The summed E-state index contributed by atoms with van der Waals surface area (Å²) in [5, 5.41) is 22.2. The Hall–Kier alpha value is -3.55. The van der Waals surface area contributed by atoms with Crippen LogP contribution in [0.2, 0.25) is 0 Å². The second kappa shape index (κ2) is 8.22. The summed E-state index contributed by atoms with van der Waals surface area (Å²) in [5.41, 5.74) is 2.39. The molecule has 1 aromatic heterocycles. The zero-order valence-electron chi connectivity index (χ0n) is 15.9. The van der Waals surface area contributed by atoms with Crippen LogP contribution in [-0.2, 0) is 24.2 Å². The van der Waals surface area contributed by atoms with Crippen LogP contribution in [0, 0.1) is 10.1 Å². The van der Waals surface area contributed by atoms with Gasteiger partial charge in [0.2, 0.25) is 5.91 Å². The molecule has 1 amide bonds. The Balaban J connectivity index is 1.41. The molecular weight excluding hydrogens is 370 g/mol. The molecule has 8 heteroatoms. The Morgan fingerprint density at radius 3 is 2.52 bits per heavy atom. The summed E-state index contributed by atoms with van der Waals surface area (Å²) in [6.45, 7) is 0.936. The first-order valence-electron chi connectivity index (χ1n) is 9.66. The molecule has 0 aliphatic carbocycles. The molecular formula is C21H21N5O3. The number of hydrogen-bond acceptors (Lipinski definition) is 5. The van der Waals surface area contributed by atoms with E-state index in [-0.39, 0.29) is 18.0 Å². The number of nitro benzene ring substituents is 1. The molecule has 1 N–H and O–H groups in total. The first-order valence-corrected chi connectivity index (χ1v) is 9.66. The van der Waals surface area contributed by atoms with Crippen LogP contribution in [0.3, 0.4) is 0 Å². The maximum absolute atomic E-state index is 12.3. The van der Waals surface area contributed by atoms with E-state index >= 15 is 0 Å². The molecule has 1 aliphatic rings. The van der Waals surface area contributed by atoms with Crippen molar-refractivity contribution in [3.63, 3.8) is 0 Å². The topological polar surface area (TPSA) is 103 Å². The van der Waals surface area contributed by atoms with Crippen molar-refractivity contribution < 1.29 is 9.72 Å². The van der Waals surface area contributed by atoms with Crippen molar-refractivity contribution in [3.8, 4) is 11.4 Å². The van der Waals surface area contributed by atoms with Crippen LogP contribution in [-0.4, -0.2) is 25.6 Å². The standard InChI is InChI=1S/C21H21N5O3/c27-20(14-15-5-11-18(12-6-15)26(28)29)22-17-9-7-16(8-10-17)21-24-23-19-4-2-1-3-13-25(19)21/h5-12H,1-4,13-14H2,(H,22,27). The van der Waals surface area contributed by atoms with Gasteiger partial charge in [-0.3, -0.25) is 14.9 Å². The van der Waals surface area contributed by atoms with E-state index in [9.17, 15) is 14.9 Å². The van der Waals surface area contributed by atoms with E-state index in [2.05, 4.69) is 20.1 Å². The fraction of sp³-hybridized carbons (Fsp3) is 0.286. The third-order valence-electron chi connectivity index (χ3n) is 5.05. The van der Waals surface area contributed by atoms with E-state index in [4.69, 9.17) is 0 Å². The smallest absolute Gasteiger partial charge is 0.269 e. The zero-order chi connectivity index (χ0) is 20.2. The molecule has 3 aromatic rings. The van der Waals surface area contributed by atoms with Gasteiger partial charge in [-0.05, 0) is 42.7 Å². The normalized spacial score (nSPS) is 13.4.